The zero-order chi connectivity index (χ0) is 21.8. The van der Waals surface area contributed by atoms with Gasteiger partial charge in [-0.05, 0) is 56.3 Å². The number of amides is 1. The lowest BCUT2D eigenvalue weighted by Crippen LogP contribution is -2.22. The van der Waals surface area contributed by atoms with Gasteiger partial charge in [-0.15, -0.1) is 10.2 Å². The number of hydrogen-bond donors (Lipinski definition) is 1. The largest absolute Gasteiger partial charge is 0.325 e. The van der Waals surface area contributed by atoms with Gasteiger partial charge in [-0.1, -0.05) is 47.1 Å². The molecule has 0 aliphatic rings. The number of carbonyl (C=O) groups excluding carboxylic acids is 1. The lowest BCUT2D eigenvalue weighted by atomic mass is 10.2. The number of hydrogen-bond acceptors (Lipinski definition) is 5. The summed E-state index contributed by atoms with van der Waals surface area (Å²) in [4.78, 5) is 16.9. The number of aromatic nitrogens is 4. The van der Waals surface area contributed by atoms with Crippen LogP contribution in [0, 0.1) is 6.92 Å². The topological polar surface area (TPSA) is 72.7 Å². The van der Waals surface area contributed by atoms with Crippen LogP contribution in [0.3, 0.4) is 0 Å². The maximum atomic E-state index is 12.8. The van der Waals surface area contributed by atoms with Crippen molar-refractivity contribution in [2.75, 3.05) is 5.32 Å². The van der Waals surface area contributed by atoms with Gasteiger partial charge in [0.2, 0.25) is 5.91 Å². The summed E-state index contributed by atoms with van der Waals surface area (Å²) >= 11 is 7.56. The van der Waals surface area contributed by atoms with Gasteiger partial charge in [-0.2, -0.15) is 0 Å². The number of rotatable bonds is 6. The van der Waals surface area contributed by atoms with E-state index in [2.05, 4.69) is 20.5 Å². The Bertz CT molecular complexity index is 1190. The molecule has 1 unspecified atom stereocenters. The molecule has 4 aromatic rings. The lowest BCUT2D eigenvalue weighted by molar-refractivity contribution is -0.115. The predicted molar refractivity (Wildman–Crippen MR) is 125 cm³/mol. The van der Waals surface area contributed by atoms with Gasteiger partial charge in [0, 0.05) is 28.7 Å². The molecule has 31 heavy (non-hydrogen) atoms. The Kier molecular flexibility index (Phi) is 6.34. The lowest BCUT2D eigenvalue weighted by Gasteiger charge is -2.14. The average Bonchev–Trinajstić information content (AvgIpc) is 3.19. The van der Waals surface area contributed by atoms with Gasteiger partial charge < -0.3 is 5.32 Å². The van der Waals surface area contributed by atoms with Crippen LogP contribution in [0.2, 0.25) is 5.02 Å². The first-order valence-electron chi connectivity index (χ1n) is 9.67. The van der Waals surface area contributed by atoms with Crippen LogP contribution in [0.25, 0.3) is 17.1 Å². The van der Waals surface area contributed by atoms with Crippen molar-refractivity contribution in [3.8, 4) is 17.1 Å². The van der Waals surface area contributed by atoms with E-state index in [0.29, 0.717) is 16.0 Å². The highest BCUT2D eigenvalue weighted by molar-refractivity contribution is 8.00. The number of carbonyl (C=O) groups is 1. The molecule has 0 radical (unpaired) electrons. The van der Waals surface area contributed by atoms with Gasteiger partial charge in [-0.3, -0.25) is 14.3 Å². The Morgan fingerprint density at radius 3 is 2.61 bits per heavy atom. The molecule has 8 heteroatoms. The van der Waals surface area contributed by atoms with Crippen LogP contribution < -0.4 is 5.32 Å². The van der Waals surface area contributed by atoms with Crippen molar-refractivity contribution in [1.82, 2.24) is 19.7 Å². The standard InChI is InChI=1S/C23H20ClN5OS/c1-15-8-10-19(11-9-15)26-22(30)16(2)31-23-28-27-21(17-5-4-12-25-14-17)29(23)20-7-3-6-18(24)13-20/h3-14,16H,1-2H3,(H,26,30). The quantitative estimate of drug-likeness (QED) is 0.398. The minimum atomic E-state index is -0.398. The van der Waals surface area contributed by atoms with Gasteiger partial charge in [0.1, 0.15) is 0 Å². The smallest absolute Gasteiger partial charge is 0.237 e. The summed E-state index contributed by atoms with van der Waals surface area (Å²) in [7, 11) is 0. The van der Waals surface area contributed by atoms with Crippen molar-refractivity contribution >= 4 is 35.0 Å². The Labute approximate surface area is 189 Å². The van der Waals surface area contributed by atoms with E-state index in [1.807, 2.05) is 79.1 Å². The molecule has 0 aliphatic carbocycles. The number of pyridine rings is 1. The van der Waals surface area contributed by atoms with Crippen LogP contribution in [0.15, 0.2) is 78.2 Å². The molecule has 0 saturated heterocycles. The Morgan fingerprint density at radius 2 is 1.90 bits per heavy atom. The Balaban J connectivity index is 1.64. The van der Waals surface area contributed by atoms with Crippen molar-refractivity contribution in [3.63, 3.8) is 0 Å². The third kappa shape index (κ3) is 4.95. The van der Waals surface area contributed by atoms with Gasteiger partial charge in [0.05, 0.1) is 10.9 Å². The summed E-state index contributed by atoms with van der Waals surface area (Å²) in [5, 5.41) is 12.5. The molecule has 1 amide bonds. The summed E-state index contributed by atoms with van der Waals surface area (Å²) in [5.74, 6) is 0.515. The Morgan fingerprint density at radius 1 is 1.10 bits per heavy atom. The molecule has 2 aromatic carbocycles. The van der Waals surface area contributed by atoms with E-state index in [1.165, 1.54) is 11.8 Å². The number of nitrogens with zero attached hydrogens (tertiary/aromatic N) is 4. The van der Waals surface area contributed by atoms with E-state index in [9.17, 15) is 4.79 Å². The average molecular weight is 450 g/mol. The Hall–Kier alpha value is -3.16. The molecular weight excluding hydrogens is 430 g/mol. The summed E-state index contributed by atoms with van der Waals surface area (Å²) in [5.41, 5.74) is 3.52. The summed E-state index contributed by atoms with van der Waals surface area (Å²) in [6, 6.07) is 18.9. The third-order valence-corrected chi connectivity index (χ3v) is 5.87. The minimum Gasteiger partial charge on any atom is -0.325 e. The van der Waals surface area contributed by atoms with Crippen molar-refractivity contribution in [2.24, 2.45) is 0 Å². The van der Waals surface area contributed by atoms with Crippen LogP contribution in [0.1, 0.15) is 12.5 Å². The van der Waals surface area contributed by atoms with Crippen LogP contribution in [0.5, 0.6) is 0 Å². The van der Waals surface area contributed by atoms with Crippen molar-refractivity contribution < 1.29 is 4.79 Å². The molecule has 0 bridgehead atoms. The van der Waals surface area contributed by atoms with E-state index >= 15 is 0 Å². The fraction of sp³-hybridized carbons (Fsp3) is 0.130. The van der Waals surface area contributed by atoms with Crippen LogP contribution in [-0.2, 0) is 4.79 Å². The monoisotopic (exact) mass is 449 g/mol. The maximum Gasteiger partial charge on any atom is 0.237 e. The SMILES string of the molecule is Cc1ccc(NC(=O)C(C)Sc2nnc(-c3cccnc3)n2-c2cccc(Cl)c2)cc1. The normalized spacial score (nSPS) is 11.8. The molecule has 2 heterocycles. The first-order valence-corrected chi connectivity index (χ1v) is 10.9. The summed E-state index contributed by atoms with van der Waals surface area (Å²) < 4.78 is 1.89. The summed E-state index contributed by atoms with van der Waals surface area (Å²) in [6.07, 6.45) is 3.43. The van der Waals surface area contributed by atoms with Gasteiger partial charge in [0.15, 0.2) is 11.0 Å². The highest BCUT2D eigenvalue weighted by Gasteiger charge is 2.22. The molecule has 1 atom stereocenters. The molecule has 0 spiro atoms. The minimum absolute atomic E-state index is 0.113. The second-order valence-corrected chi connectivity index (χ2v) is 8.72. The number of aryl methyl sites for hydroxylation is 1. The van der Waals surface area contributed by atoms with Gasteiger partial charge in [0.25, 0.3) is 0 Å². The predicted octanol–water partition coefficient (Wildman–Crippen LogP) is 5.41. The van der Waals surface area contributed by atoms with Crippen LogP contribution >= 0.6 is 23.4 Å². The zero-order valence-corrected chi connectivity index (χ0v) is 18.6. The molecular formula is C23H20ClN5OS. The number of benzene rings is 2. The molecule has 4 rings (SSSR count). The molecule has 0 fully saturated rings. The fourth-order valence-electron chi connectivity index (χ4n) is 2.97. The van der Waals surface area contributed by atoms with E-state index in [1.54, 1.807) is 12.4 Å². The second kappa shape index (κ2) is 9.32. The van der Waals surface area contributed by atoms with Gasteiger partial charge in [-0.25, -0.2) is 0 Å². The molecule has 0 saturated carbocycles. The van der Waals surface area contributed by atoms with E-state index in [0.717, 1.165) is 22.5 Å². The first-order chi connectivity index (χ1) is 15.0. The van der Waals surface area contributed by atoms with Crippen molar-refractivity contribution in [3.05, 3.63) is 83.6 Å². The zero-order valence-electron chi connectivity index (χ0n) is 17.0. The summed E-state index contributed by atoms with van der Waals surface area (Å²) in [6.45, 7) is 3.85. The first kappa shape index (κ1) is 21.1. The van der Waals surface area contributed by atoms with E-state index < -0.39 is 5.25 Å². The second-order valence-electron chi connectivity index (χ2n) is 6.98. The molecule has 2 aromatic heterocycles. The highest BCUT2D eigenvalue weighted by Crippen LogP contribution is 2.31. The third-order valence-electron chi connectivity index (χ3n) is 4.59. The fourth-order valence-corrected chi connectivity index (χ4v) is 4.02. The van der Waals surface area contributed by atoms with Gasteiger partial charge >= 0.3 is 0 Å². The van der Waals surface area contributed by atoms with Crippen LogP contribution in [0.4, 0.5) is 5.69 Å². The molecule has 6 nitrogen and oxygen atoms in total. The molecule has 1 N–H and O–H groups in total. The van der Waals surface area contributed by atoms with E-state index in [4.69, 9.17) is 11.6 Å². The number of halogens is 1. The molecule has 156 valence electrons. The van der Waals surface area contributed by atoms with Crippen molar-refractivity contribution in [1.29, 1.82) is 0 Å². The van der Waals surface area contributed by atoms with E-state index in [-0.39, 0.29) is 5.91 Å². The number of nitrogens with one attached hydrogen (secondary N) is 1. The van der Waals surface area contributed by atoms with Crippen LogP contribution in [-0.4, -0.2) is 30.9 Å². The highest BCUT2D eigenvalue weighted by atomic mass is 35.5. The van der Waals surface area contributed by atoms with Crippen molar-refractivity contribution in [2.45, 2.75) is 24.3 Å². The molecule has 0 aliphatic heterocycles. The maximum absolute atomic E-state index is 12.8. The number of anilines is 1. The number of thioether (sulfide) groups is 1.